The minimum absolute atomic E-state index is 0.201. The molecule has 0 rings (SSSR count). The molecule has 0 bridgehead atoms. The van der Waals surface area contributed by atoms with Crippen LogP contribution in [0.4, 0.5) is 0 Å². The molecule has 0 aromatic carbocycles. The van der Waals surface area contributed by atoms with E-state index in [9.17, 15) is 5.11 Å². The molecule has 2 atom stereocenters. The van der Waals surface area contributed by atoms with Gasteiger partial charge in [0.1, 0.15) is 0 Å². The molecule has 15 heavy (non-hydrogen) atoms. The van der Waals surface area contributed by atoms with E-state index in [1.807, 2.05) is 13.8 Å². The van der Waals surface area contributed by atoms with Crippen LogP contribution in [-0.4, -0.2) is 37.1 Å². The molecule has 0 aliphatic carbocycles. The van der Waals surface area contributed by atoms with Crippen molar-refractivity contribution in [2.45, 2.75) is 46.3 Å². The van der Waals surface area contributed by atoms with Crippen LogP contribution in [0, 0.1) is 5.92 Å². The molecule has 92 valence electrons. The highest BCUT2D eigenvalue weighted by Crippen LogP contribution is 2.07. The summed E-state index contributed by atoms with van der Waals surface area (Å²) in [5, 5.41) is 9.49. The summed E-state index contributed by atoms with van der Waals surface area (Å²) in [4.78, 5) is 4.91. The predicted molar refractivity (Wildman–Crippen MR) is 60.5 cm³/mol. The zero-order valence-corrected chi connectivity index (χ0v) is 10.3. The van der Waals surface area contributed by atoms with Crippen LogP contribution in [0.3, 0.4) is 0 Å². The summed E-state index contributed by atoms with van der Waals surface area (Å²) in [6, 6.07) is 0. The van der Waals surface area contributed by atoms with E-state index < -0.39 is 6.10 Å². The second kappa shape index (κ2) is 9.09. The highest BCUT2D eigenvalue weighted by Gasteiger charge is 2.09. The number of hydroxylamine groups is 1. The Labute approximate surface area is 92.9 Å². The molecular formula is C11H25NO3. The molecule has 0 aliphatic heterocycles. The molecule has 0 aromatic heterocycles. The average Bonchev–Trinajstić information content (AvgIpc) is 2.14. The Morgan fingerprint density at radius 2 is 1.93 bits per heavy atom. The van der Waals surface area contributed by atoms with E-state index in [1.54, 1.807) is 0 Å². The van der Waals surface area contributed by atoms with Crippen molar-refractivity contribution in [2.75, 3.05) is 19.8 Å². The molecule has 0 amide bonds. The molecule has 0 aromatic rings. The first-order chi connectivity index (χ1) is 7.06. The van der Waals surface area contributed by atoms with Gasteiger partial charge < -0.3 is 14.7 Å². The number of ether oxygens (including phenoxy) is 1. The quantitative estimate of drug-likeness (QED) is 0.454. The topological polar surface area (TPSA) is 50.7 Å². The second-order valence-electron chi connectivity index (χ2n) is 4.21. The minimum Gasteiger partial charge on any atom is -0.389 e. The normalized spacial score (nSPS) is 15.6. The molecule has 0 aliphatic rings. The summed E-state index contributed by atoms with van der Waals surface area (Å²) in [6.07, 6.45) is 0.712. The van der Waals surface area contributed by atoms with E-state index in [0.29, 0.717) is 25.7 Å². The molecule has 0 radical (unpaired) electrons. The first-order valence-corrected chi connectivity index (χ1v) is 5.70. The molecule has 0 heterocycles. The SMILES string of the molecule is CCONCC(O)COC(C)CC(C)C. The summed E-state index contributed by atoms with van der Waals surface area (Å²) < 4.78 is 5.50. The lowest BCUT2D eigenvalue weighted by molar-refractivity contribution is -0.0337. The van der Waals surface area contributed by atoms with Crippen LogP contribution in [0.1, 0.15) is 34.1 Å². The van der Waals surface area contributed by atoms with Gasteiger partial charge in [-0.2, -0.15) is 5.48 Å². The van der Waals surface area contributed by atoms with Crippen LogP contribution in [0.15, 0.2) is 0 Å². The highest BCUT2D eigenvalue weighted by atomic mass is 16.6. The standard InChI is InChI=1S/C11H25NO3/c1-5-15-12-7-11(13)8-14-10(4)6-9(2)3/h9-13H,5-8H2,1-4H3. The van der Waals surface area contributed by atoms with Crippen LogP contribution >= 0.6 is 0 Å². The third-order valence-corrected chi connectivity index (χ3v) is 1.94. The number of aliphatic hydroxyl groups excluding tert-OH is 1. The number of hydrogen-bond donors (Lipinski definition) is 2. The molecule has 0 saturated carbocycles. The van der Waals surface area contributed by atoms with Gasteiger partial charge in [-0.3, -0.25) is 0 Å². The van der Waals surface area contributed by atoms with Crippen LogP contribution in [-0.2, 0) is 9.57 Å². The lowest BCUT2D eigenvalue weighted by Crippen LogP contribution is -2.31. The second-order valence-corrected chi connectivity index (χ2v) is 4.21. The van der Waals surface area contributed by atoms with Gasteiger partial charge in [-0.15, -0.1) is 0 Å². The summed E-state index contributed by atoms with van der Waals surface area (Å²) in [7, 11) is 0. The average molecular weight is 219 g/mol. The highest BCUT2D eigenvalue weighted by molar-refractivity contribution is 4.58. The van der Waals surface area contributed by atoms with Gasteiger partial charge >= 0.3 is 0 Å². The Hall–Kier alpha value is -0.160. The van der Waals surface area contributed by atoms with E-state index in [0.717, 1.165) is 6.42 Å². The fraction of sp³-hybridized carbons (Fsp3) is 1.00. The van der Waals surface area contributed by atoms with Crippen LogP contribution < -0.4 is 5.48 Å². The van der Waals surface area contributed by atoms with Crippen LogP contribution in [0.25, 0.3) is 0 Å². The van der Waals surface area contributed by atoms with Crippen LogP contribution in [0.5, 0.6) is 0 Å². The zero-order valence-electron chi connectivity index (χ0n) is 10.3. The lowest BCUT2D eigenvalue weighted by Gasteiger charge is -2.18. The summed E-state index contributed by atoms with van der Waals surface area (Å²) in [5.74, 6) is 0.624. The van der Waals surface area contributed by atoms with E-state index in [-0.39, 0.29) is 6.10 Å². The monoisotopic (exact) mass is 219 g/mol. The van der Waals surface area contributed by atoms with Gasteiger partial charge in [-0.25, -0.2) is 0 Å². The smallest absolute Gasteiger partial charge is 0.0921 e. The summed E-state index contributed by atoms with van der Waals surface area (Å²) in [5.41, 5.74) is 2.67. The van der Waals surface area contributed by atoms with Gasteiger partial charge in [0, 0.05) is 6.54 Å². The molecule has 0 fully saturated rings. The first-order valence-electron chi connectivity index (χ1n) is 5.70. The minimum atomic E-state index is -0.508. The molecule has 2 N–H and O–H groups in total. The maximum Gasteiger partial charge on any atom is 0.0921 e. The predicted octanol–water partition coefficient (Wildman–Crippen LogP) is 1.34. The third-order valence-electron chi connectivity index (χ3n) is 1.94. The molecule has 4 nitrogen and oxygen atoms in total. The number of hydrogen-bond acceptors (Lipinski definition) is 4. The van der Waals surface area contributed by atoms with Crippen molar-refractivity contribution in [1.29, 1.82) is 0 Å². The molecule has 0 spiro atoms. The van der Waals surface area contributed by atoms with Crippen LogP contribution in [0.2, 0.25) is 0 Å². The van der Waals surface area contributed by atoms with E-state index in [1.165, 1.54) is 0 Å². The Morgan fingerprint density at radius 1 is 1.27 bits per heavy atom. The third kappa shape index (κ3) is 10.1. The van der Waals surface area contributed by atoms with Crippen molar-refractivity contribution >= 4 is 0 Å². The van der Waals surface area contributed by atoms with E-state index in [2.05, 4.69) is 19.3 Å². The Balaban J connectivity index is 3.39. The van der Waals surface area contributed by atoms with Crippen molar-refractivity contribution in [3.63, 3.8) is 0 Å². The van der Waals surface area contributed by atoms with Gasteiger partial charge in [0.05, 0.1) is 25.4 Å². The summed E-state index contributed by atoms with van der Waals surface area (Å²) in [6.45, 7) is 9.59. The van der Waals surface area contributed by atoms with Gasteiger partial charge in [0.25, 0.3) is 0 Å². The number of nitrogens with one attached hydrogen (secondary N) is 1. The first kappa shape index (κ1) is 14.8. The van der Waals surface area contributed by atoms with Gasteiger partial charge in [0.15, 0.2) is 0 Å². The molecule has 0 saturated heterocycles. The number of rotatable bonds is 9. The van der Waals surface area contributed by atoms with Crippen molar-refractivity contribution < 1.29 is 14.7 Å². The zero-order chi connectivity index (χ0) is 11.7. The van der Waals surface area contributed by atoms with Gasteiger partial charge in [-0.1, -0.05) is 13.8 Å². The van der Waals surface area contributed by atoms with Gasteiger partial charge in [-0.05, 0) is 26.2 Å². The maximum absolute atomic E-state index is 9.49. The largest absolute Gasteiger partial charge is 0.389 e. The van der Waals surface area contributed by atoms with Crippen molar-refractivity contribution in [3.8, 4) is 0 Å². The van der Waals surface area contributed by atoms with Crippen molar-refractivity contribution in [1.82, 2.24) is 5.48 Å². The Bertz CT molecular complexity index is 142. The molecule has 4 heteroatoms. The Morgan fingerprint density at radius 3 is 2.47 bits per heavy atom. The fourth-order valence-corrected chi connectivity index (χ4v) is 1.32. The van der Waals surface area contributed by atoms with Crippen molar-refractivity contribution in [2.24, 2.45) is 5.92 Å². The Kier molecular flexibility index (Phi) is 9.00. The van der Waals surface area contributed by atoms with E-state index >= 15 is 0 Å². The maximum atomic E-state index is 9.49. The number of aliphatic hydroxyl groups is 1. The van der Waals surface area contributed by atoms with Gasteiger partial charge in [0.2, 0.25) is 0 Å². The van der Waals surface area contributed by atoms with E-state index in [4.69, 9.17) is 9.57 Å². The fourth-order valence-electron chi connectivity index (χ4n) is 1.32. The molecular weight excluding hydrogens is 194 g/mol. The van der Waals surface area contributed by atoms with Crippen molar-refractivity contribution in [3.05, 3.63) is 0 Å². The lowest BCUT2D eigenvalue weighted by atomic mass is 10.1. The molecule has 2 unspecified atom stereocenters. The summed E-state index contributed by atoms with van der Waals surface area (Å²) >= 11 is 0.